The Balaban J connectivity index is 1.51. The lowest BCUT2D eigenvalue weighted by molar-refractivity contribution is -0.132. The van der Waals surface area contributed by atoms with E-state index >= 15 is 0 Å². The van der Waals surface area contributed by atoms with Crippen molar-refractivity contribution in [3.05, 3.63) is 47.8 Å². The van der Waals surface area contributed by atoms with Gasteiger partial charge >= 0.3 is 0 Å². The number of rotatable bonds is 6. The number of benzene rings is 1. The van der Waals surface area contributed by atoms with Gasteiger partial charge in [0.15, 0.2) is 0 Å². The van der Waals surface area contributed by atoms with Gasteiger partial charge in [-0.2, -0.15) is 0 Å². The summed E-state index contributed by atoms with van der Waals surface area (Å²) in [7, 11) is 3.64. The highest BCUT2D eigenvalue weighted by Crippen LogP contribution is 2.21. The molecule has 2 heterocycles. The SMILES string of the molecule is COc1ccc(C)cc1CN(C)CC(=O)N1CCN(c2ncccn2)CC1. The highest BCUT2D eigenvalue weighted by molar-refractivity contribution is 5.78. The summed E-state index contributed by atoms with van der Waals surface area (Å²) in [5.41, 5.74) is 2.28. The summed E-state index contributed by atoms with van der Waals surface area (Å²) < 4.78 is 5.44. The number of likely N-dealkylation sites (N-methyl/N-ethyl adjacent to an activating group) is 1. The lowest BCUT2D eigenvalue weighted by Crippen LogP contribution is -2.51. The van der Waals surface area contributed by atoms with E-state index < -0.39 is 0 Å². The number of hydrogen-bond acceptors (Lipinski definition) is 6. The van der Waals surface area contributed by atoms with Crippen LogP contribution in [-0.4, -0.2) is 72.6 Å². The second-order valence-corrected chi connectivity index (χ2v) is 6.90. The lowest BCUT2D eigenvalue weighted by atomic mass is 10.1. The predicted octanol–water partition coefficient (Wildman–Crippen LogP) is 1.57. The maximum atomic E-state index is 12.7. The van der Waals surface area contributed by atoms with Crippen LogP contribution < -0.4 is 9.64 Å². The molecule has 1 amide bonds. The number of hydrogen-bond donors (Lipinski definition) is 0. The summed E-state index contributed by atoms with van der Waals surface area (Å²) in [5, 5.41) is 0. The summed E-state index contributed by atoms with van der Waals surface area (Å²) in [4.78, 5) is 27.3. The van der Waals surface area contributed by atoms with Gasteiger partial charge in [-0.1, -0.05) is 17.7 Å². The Hall–Kier alpha value is -2.67. The Bertz CT molecular complexity index is 760. The van der Waals surface area contributed by atoms with Gasteiger partial charge in [-0.3, -0.25) is 9.69 Å². The minimum atomic E-state index is 0.151. The van der Waals surface area contributed by atoms with Crippen molar-refractivity contribution >= 4 is 11.9 Å². The van der Waals surface area contributed by atoms with E-state index in [1.54, 1.807) is 19.5 Å². The highest BCUT2D eigenvalue weighted by atomic mass is 16.5. The first-order valence-corrected chi connectivity index (χ1v) is 9.18. The summed E-state index contributed by atoms with van der Waals surface area (Å²) in [6, 6.07) is 7.93. The van der Waals surface area contributed by atoms with Crippen LogP contribution >= 0.6 is 0 Å². The van der Waals surface area contributed by atoms with Gasteiger partial charge in [0, 0.05) is 50.7 Å². The van der Waals surface area contributed by atoms with Crippen LogP contribution in [0.15, 0.2) is 36.7 Å². The van der Waals surface area contributed by atoms with Crippen LogP contribution in [0.4, 0.5) is 5.95 Å². The molecule has 27 heavy (non-hydrogen) atoms. The van der Waals surface area contributed by atoms with Crippen LogP contribution in [0.25, 0.3) is 0 Å². The first-order valence-electron chi connectivity index (χ1n) is 9.18. The number of nitrogens with zero attached hydrogens (tertiary/aromatic N) is 5. The molecule has 144 valence electrons. The highest BCUT2D eigenvalue weighted by Gasteiger charge is 2.23. The summed E-state index contributed by atoms with van der Waals surface area (Å²) >= 11 is 0. The molecule has 1 saturated heterocycles. The van der Waals surface area contributed by atoms with Crippen molar-refractivity contribution in [2.75, 3.05) is 51.8 Å². The Morgan fingerprint density at radius 2 is 1.89 bits per heavy atom. The minimum absolute atomic E-state index is 0.151. The second-order valence-electron chi connectivity index (χ2n) is 6.90. The van der Waals surface area contributed by atoms with Crippen molar-refractivity contribution in [2.24, 2.45) is 0 Å². The fourth-order valence-corrected chi connectivity index (χ4v) is 3.32. The monoisotopic (exact) mass is 369 g/mol. The molecule has 1 fully saturated rings. The molecule has 0 bridgehead atoms. The number of anilines is 1. The van der Waals surface area contributed by atoms with Gasteiger partial charge in [0.1, 0.15) is 5.75 Å². The zero-order valence-corrected chi connectivity index (χ0v) is 16.3. The summed E-state index contributed by atoms with van der Waals surface area (Å²) in [5.74, 6) is 1.74. The first-order chi connectivity index (χ1) is 13.1. The van der Waals surface area contributed by atoms with Gasteiger partial charge in [0.2, 0.25) is 11.9 Å². The van der Waals surface area contributed by atoms with E-state index in [-0.39, 0.29) is 5.91 Å². The molecule has 0 unspecified atom stereocenters. The molecule has 2 aromatic rings. The van der Waals surface area contributed by atoms with Crippen molar-refractivity contribution in [3.8, 4) is 5.75 Å². The molecule has 1 aliphatic heterocycles. The van der Waals surface area contributed by atoms with Crippen LogP contribution in [-0.2, 0) is 11.3 Å². The van der Waals surface area contributed by atoms with Crippen molar-refractivity contribution < 1.29 is 9.53 Å². The zero-order chi connectivity index (χ0) is 19.2. The molecule has 0 atom stereocenters. The number of aromatic nitrogens is 2. The normalized spacial score (nSPS) is 14.5. The number of ether oxygens (including phenoxy) is 1. The second kappa shape index (κ2) is 8.81. The minimum Gasteiger partial charge on any atom is -0.496 e. The number of methoxy groups -OCH3 is 1. The lowest BCUT2D eigenvalue weighted by Gasteiger charge is -2.35. The standard InChI is InChI=1S/C20H27N5O2/c1-16-5-6-18(27-3)17(13-16)14-23(2)15-19(26)24-9-11-25(12-10-24)20-21-7-4-8-22-20/h4-8,13H,9-12,14-15H2,1-3H3. The van der Waals surface area contributed by atoms with Gasteiger partial charge in [0.25, 0.3) is 0 Å². The van der Waals surface area contributed by atoms with Crippen LogP contribution in [0.5, 0.6) is 5.75 Å². The van der Waals surface area contributed by atoms with E-state index in [1.165, 1.54) is 5.56 Å². The Kier molecular flexibility index (Phi) is 6.24. The van der Waals surface area contributed by atoms with Crippen molar-refractivity contribution in [2.45, 2.75) is 13.5 Å². The molecule has 1 aliphatic rings. The van der Waals surface area contributed by atoms with Crippen LogP contribution in [0.2, 0.25) is 0 Å². The topological polar surface area (TPSA) is 61.8 Å². The molecule has 0 saturated carbocycles. The molecule has 7 nitrogen and oxygen atoms in total. The Morgan fingerprint density at radius 3 is 2.56 bits per heavy atom. The molecular weight excluding hydrogens is 342 g/mol. The molecule has 1 aromatic heterocycles. The summed E-state index contributed by atoms with van der Waals surface area (Å²) in [6.07, 6.45) is 3.49. The fraction of sp³-hybridized carbons (Fsp3) is 0.450. The van der Waals surface area contributed by atoms with Crippen molar-refractivity contribution in [1.29, 1.82) is 0 Å². The smallest absolute Gasteiger partial charge is 0.236 e. The molecule has 0 N–H and O–H groups in total. The Morgan fingerprint density at radius 1 is 1.19 bits per heavy atom. The quantitative estimate of drug-likeness (QED) is 0.770. The van der Waals surface area contributed by atoms with Gasteiger partial charge in [-0.05, 0) is 26.1 Å². The fourth-order valence-electron chi connectivity index (χ4n) is 3.32. The maximum Gasteiger partial charge on any atom is 0.236 e. The predicted molar refractivity (Wildman–Crippen MR) is 105 cm³/mol. The molecule has 1 aromatic carbocycles. The van der Waals surface area contributed by atoms with Crippen molar-refractivity contribution in [3.63, 3.8) is 0 Å². The number of carbonyl (C=O) groups is 1. The molecule has 0 radical (unpaired) electrons. The number of piperazine rings is 1. The van der Waals surface area contributed by atoms with E-state index in [0.717, 1.165) is 30.4 Å². The summed E-state index contributed by atoms with van der Waals surface area (Å²) in [6.45, 7) is 6.02. The number of carbonyl (C=O) groups excluding carboxylic acids is 1. The van der Waals surface area contributed by atoms with Crippen LogP contribution in [0.3, 0.4) is 0 Å². The third-order valence-electron chi connectivity index (χ3n) is 4.75. The van der Waals surface area contributed by atoms with Crippen LogP contribution in [0.1, 0.15) is 11.1 Å². The van der Waals surface area contributed by atoms with Crippen molar-refractivity contribution in [1.82, 2.24) is 19.8 Å². The van der Waals surface area contributed by atoms with Gasteiger partial charge in [0.05, 0.1) is 13.7 Å². The van der Waals surface area contributed by atoms with Gasteiger partial charge in [-0.15, -0.1) is 0 Å². The van der Waals surface area contributed by atoms with Crippen LogP contribution in [0, 0.1) is 6.92 Å². The number of aryl methyl sites for hydroxylation is 1. The van der Waals surface area contributed by atoms with E-state index in [0.29, 0.717) is 26.2 Å². The Labute approximate surface area is 160 Å². The average Bonchev–Trinajstić information content (AvgIpc) is 2.69. The molecular formula is C20H27N5O2. The van der Waals surface area contributed by atoms with E-state index in [1.807, 2.05) is 35.0 Å². The van der Waals surface area contributed by atoms with E-state index in [9.17, 15) is 4.79 Å². The maximum absolute atomic E-state index is 12.7. The number of amides is 1. The molecule has 7 heteroatoms. The third kappa shape index (κ3) is 4.95. The molecule has 3 rings (SSSR count). The van der Waals surface area contributed by atoms with Gasteiger partial charge in [-0.25, -0.2) is 9.97 Å². The van der Waals surface area contributed by atoms with Gasteiger partial charge < -0.3 is 14.5 Å². The zero-order valence-electron chi connectivity index (χ0n) is 16.3. The molecule has 0 spiro atoms. The average molecular weight is 369 g/mol. The first kappa shape index (κ1) is 19.1. The molecule has 0 aliphatic carbocycles. The van der Waals surface area contributed by atoms with E-state index in [2.05, 4.69) is 27.9 Å². The third-order valence-corrected chi connectivity index (χ3v) is 4.75. The largest absolute Gasteiger partial charge is 0.496 e. The van der Waals surface area contributed by atoms with E-state index in [4.69, 9.17) is 4.74 Å².